The Kier molecular flexibility index (Phi) is 3.19. The molecule has 1 heteroatoms. The fourth-order valence-corrected chi connectivity index (χ4v) is 3.27. The van der Waals surface area contributed by atoms with E-state index in [1.807, 2.05) is 0 Å². The molecule has 0 aromatic heterocycles. The fraction of sp³-hybridized carbons (Fsp3) is 0.625. The summed E-state index contributed by atoms with van der Waals surface area (Å²) in [6, 6.07) is 8.52. The number of aliphatic hydroxyl groups excluding tert-OH is 1. The van der Waals surface area contributed by atoms with Gasteiger partial charge >= 0.3 is 0 Å². The Hall–Kier alpha value is -0.820. The molecule has 2 aliphatic carbocycles. The molecule has 1 aromatic carbocycles. The molecular weight excluding hydrogens is 208 g/mol. The van der Waals surface area contributed by atoms with Crippen molar-refractivity contribution in [2.45, 2.75) is 57.0 Å². The summed E-state index contributed by atoms with van der Waals surface area (Å²) in [6.07, 6.45) is 8.74. The fourth-order valence-electron chi connectivity index (χ4n) is 3.27. The normalized spacial score (nSPS) is 22.9. The predicted octanol–water partition coefficient (Wildman–Crippen LogP) is 4.18. The predicted molar refractivity (Wildman–Crippen MR) is 70.0 cm³/mol. The van der Waals surface area contributed by atoms with Crippen LogP contribution in [0.5, 0.6) is 0 Å². The topological polar surface area (TPSA) is 20.2 Å². The lowest BCUT2D eigenvalue weighted by molar-refractivity contribution is 0.144. The standard InChI is InChI=1S/C16H22O/c17-16(11-12-5-1-2-6-12)15-8-4-3-7-14(15)13-9-10-13/h3-4,7-8,12-13,16-17H,1-2,5-6,9-11H2. The van der Waals surface area contributed by atoms with Gasteiger partial charge in [0.15, 0.2) is 0 Å². The summed E-state index contributed by atoms with van der Waals surface area (Å²) in [5.74, 6) is 1.50. The minimum absolute atomic E-state index is 0.227. The molecule has 1 nitrogen and oxygen atoms in total. The van der Waals surface area contributed by atoms with Crippen LogP contribution >= 0.6 is 0 Å². The first-order valence-corrected chi connectivity index (χ1v) is 7.11. The van der Waals surface area contributed by atoms with Crippen LogP contribution in [0.4, 0.5) is 0 Å². The molecule has 0 amide bonds. The van der Waals surface area contributed by atoms with Crippen LogP contribution < -0.4 is 0 Å². The SMILES string of the molecule is OC(CC1CCCC1)c1ccccc1C1CC1. The molecule has 0 radical (unpaired) electrons. The van der Waals surface area contributed by atoms with Crippen LogP contribution in [0.15, 0.2) is 24.3 Å². The lowest BCUT2D eigenvalue weighted by atomic mass is 9.91. The zero-order valence-corrected chi connectivity index (χ0v) is 10.4. The third-order valence-corrected chi connectivity index (χ3v) is 4.40. The highest BCUT2D eigenvalue weighted by molar-refractivity contribution is 5.34. The highest BCUT2D eigenvalue weighted by Crippen LogP contribution is 2.44. The van der Waals surface area contributed by atoms with Gasteiger partial charge in [-0.15, -0.1) is 0 Å². The molecule has 1 N–H and O–H groups in total. The van der Waals surface area contributed by atoms with E-state index in [0.29, 0.717) is 0 Å². The molecule has 0 saturated heterocycles. The molecule has 0 bridgehead atoms. The summed E-state index contributed by atoms with van der Waals surface area (Å²) in [6.45, 7) is 0. The highest BCUT2D eigenvalue weighted by Gasteiger charge is 2.28. The maximum atomic E-state index is 10.4. The minimum Gasteiger partial charge on any atom is -0.388 e. The molecule has 1 atom stereocenters. The third kappa shape index (κ3) is 2.55. The molecule has 3 rings (SSSR count). The summed E-state index contributed by atoms with van der Waals surface area (Å²) in [7, 11) is 0. The Morgan fingerprint density at radius 2 is 1.76 bits per heavy atom. The monoisotopic (exact) mass is 230 g/mol. The van der Waals surface area contributed by atoms with Crippen LogP contribution in [0.3, 0.4) is 0 Å². The van der Waals surface area contributed by atoms with Gasteiger partial charge in [0.2, 0.25) is 0 Å². The van der Waals surface area contributed by atoms with Gasteiger partial charge in [0.1, 0.15) is 0 Å². The van der Waals surface area contributed by atoms with Gasteiger partial charge in [-0.3, -0.25) is 0 Å². The van der Waals surface area contributed by atoms with Gasteiger partial charge in [-0.05, 0) is 42.2 Å². The molecule has 17 heavy (non-hydrogen) atoms. The zero-order chi connectivity index (χ0) is 11.7. The molecule has 0 spiro atoms. The van der Waals surface area contributed by atoms with Gasteiger partial charge in [-0.1, -0.05) is 49.9 Å². The van der Waals surface area contributed by atoms with Gasteiger partial charge < -0.3 is 5.11 Å². The van der Waals surface area contributed by atoms with Crippen molar-refractivity contribution >= 4 is 0 Å². The molecule has 92 valence electrons. The largest absolute Gasteiger partial charge is 0.388 e. The second kappa shape index (κ2) is 4.81. The summed E-state index contributed by atoms with van der Waals surface area (Å²) >= 11 is 0. The molecule has 2 fully saturated rings. The van der Waals surface area contributed by atoms with Crippen molar-refractivity contribution in [1.82, 2.24) is 0 Å². The number of benzene rings is 1. The van der Waals surface area contributed by atoms with Crippen LogP contribution in [-0.2, 0) is 0 Å². The van der Waals surface area contributed by atoms with Crippen molar-refractivity contribution in [2.75, 3.05) is 0 Å². The number of hydrogen-bond donors (Lipinski definition) is 1. The number of rotatable bonds is 4. The molecule has 1 aromatic rings. The molecule has 0 aliphatic heterocycles. The van der Waals surface area contributed by atoms with Crippen LogP contribution in [0.1, 0.15) is 68.1 Å². The second-order valence-electron chi connectivity index (χ2n) is 5.81. The van der Waals surface area contributed by atoms with Gasteiger partial charge in [0.25, 0.3) is 0 Å². The zero-order valence-electron chi connectivity index (χ0n) is 10.4. The Balaban J connectivity index is 1.73. The van der Waals surface area contributed by atoms with E-state index < -0.39 is 0 Å². The summed E-state index contributed by atoms with van der Waals surface area (Å²) < 4.78 is 0. The molecule has 1 unspecified atom stereocenters. The lowest BCUT2D eigenvalue weighted by Gasteiger charge is -2.18. The Bertz CT molecular complexity index is 375. The summed E-state index contributed by atoms with van der Waals surface area (Å²) in [5.41, 5.74) is 2.62. The van der Waals surface area contributed by atoms with Crippen molar-refractivity contribution in [3.63, 3.8) is 0 Å². The van der Waals surface area contributed by atoms with Crippen molar-refractivity contribution in [1.29, 1.82) is 0 Å². The Morgan fingerprint density at radius 1 is 1.06 bits per heavy atom. The van der Waals surface area contributed by atoms with E-state index in [1.54, 1.807) is 0 Å². The first-order valence-electron chi connectivity index (χ1n) is 7.11. The summed E-state index contributed by atoms with van der Waals surface area (Å²) in [5, 5.41) is 10.4. The smallest absolute Gasteiger partial charge is 0.0795 e. The first kappa shape index (κ1) is 11.3. The Morgan fingerprint density at radius 3 is 2.47 bits per heavy atom. The van der Waals surface area contributed by atoms with Crippen molar-refractivity contribution in [3.05, 3.63) is 35.4 Å². The first-order chi connectivity index (χ1) is 8.34. The average molecular weight is 230 g/mol. The molecule has 0 heterocycles. The average Bonchev–Trinajstić information content (AvgIpc) is 3.08. The molecule has 2 aliphatic rings. The second-order valence-corrected chi connectivity index (χ2v) is 5.81. The number of hydrogen-bond acceptors (Lipinski definition) is 1. The van der Waals surface area contributed by atoms with Crippen LogP contribution in [0.25, 0.3) is 0 Å². The van der Waals surface area contributed by atoms with Crippen LogP contribution in [0.2, 0.25) is 0 Å². The van der Waals surface area contributed by atoms with Gasteiger partial charge in [0, 0.05) is 0 Å². The maximum Gasteiger partial charge on any atom is 0.0795 e. The van der Waals surface area contributed by atoms with E-state index in [4.69, 9.17) is 0 Å². The summed E-state index contributed by atoms with van der Waals surface area (Å²) in [4.78, 5) is 0. The maximum absolute atomic E-state index is 10.4. The van der Waals surface area contributed by atoms with E-state index >= 15 is 0 Å². The quantitative estimate of drug-likeness (QED) is 0.822. The van der Waals surface area contributed by atoms with E-state index in [0.717, 1.165) is 18.3 Å². The van der Waals surface area contributed by atoms with Crippen molar-refractivity contribution in [3.8, 4) is 0 Å². The highest BCUT2D eigenvalue weighted by atomic mass is 16.3. The molecular formula is C16H22O. The van der Waals surface area contributed by atoms with Gasteiger partial charge in [-0.25, -0.2) is 0 Å². The van der Waals surface area contributed by atoms with E-state index in [2.05, 4.69) is 24.3 Å². The Labute approximate surface area is 104 Å². The lowest BCUT2D eigenvalue weighted by Crippen LogP contribution is -2.06. The third-order valence-electron chi connectivity index (χ3n) is 4.40. The van der Waals surface area contributed by atoms with Gasteiger partial charge in [0.05, 0.1) is 6.10 Å². The van der Waals surface area contributed by atoms with Crippen LogP contribution in [-0.4, -0.2) is 5.11 Å². The molecule has 2 saturated carbocycles. The minimum atomic E-state index is -0.227. The number of aliphatic hydroxyl groups is 1. The van der Waals surface area contributed by atoms with Crippen LogP contribution in [0, 0.1) is 5.92 Å². The van der Waals surface area contributed by atoms with Crippen molar-refractivity contribution < 1.29 is 5.11 Å². The van der Waals surface area contributed by atoms with Crippen molar-refractivity contribution in [2.24, 2.45) is 5.92 Å². The van der Waals surface area contributed by atoms with E-state index in [-0.39, 0.29) is 6.10 Å². The van der Waals surface area contributed by atoms with E-state index in [1.165, 1.54) is 49.7 Å². The van der Waals surface area contributed by atoms with Gasteiger partial charge in [-0.2, -0.15) is 0 Å². The van der Waals surface area contributed by atoms with E-state index in [9.17, 15) is 5.11 Å².